The highest BCUT2D eigenvalue weighted by molar-refractivity contribution is 6.29. The molecule has 0 spiro atoms. The monoisotopic (exact) mass is 536 g/mol. The Hall–Kier alpha value is -4.24. The van der Waals surface area contributed by atoms with Gasteiger partial charge in [-0.05, 0) is 43.0 Å². The molecule has 2 amide bonds. The Morgan fingerprint density at radius 2 is 1.95 bits per heavy atom. The summed E-state index contributed by atoms with van der Waals surface area (Å²) in [7, 11) is 1.63. The largest absolute Gasteiger partial charge is 0.496 e. The number of para-hydroxylation sites is 1. The lowest BCUT2D eigenvalue weighted by atomic mass is 9.92. The van der Waals surface area contributed by atoms with E-state index < -0.39 is 6.03 Å². The number of nitrogens with one attached hydrogen (secondary N) is 2. The minimum absolute atomic E-state index is 0.0476. The Morgan fingerprint density at radius 1 is 1.21 bits per heavy atom. The average molecular weight is 537 g/mol. The normalized spacial score (nSPS) is 11.9. The summed E-state index contributed by atoms with van der Waals surface area (Å²) in [4.78, 5) is 17.0. The van der Waals surface area contributed by atoms with Gasteiger partial charge >= 0.3 is 6.03 Å². The van der Waals surface area contributed by atoms with Crippen LogP contribution in [0.25, 0.3) is 5.69 Å². The molecule has 0 saturated heterocycles. The van der Waals surface area contributed by atoms with Gasteiger partial charge < -0.3 is 20.5 Å². The lowest BCUT2D eigenvalue weighted by Gasteiger charge is -2.14. The minimum atomic E-state index is -0.406. The molecule has 0 aliphatic rings. The van der Waals surface area contributed by atoms with E-state index in [0.29, 0.717) is 11.6 Å². The van der Waals surface area contributed by atoms with Crippen LogP contribution in [0.15, 0.2) is 77.5 Å². The molecule has 0 bridgehead atoms. The molecule has 3 rings (SSSR count). The summed E-state index contributed by atoms with van der Waals surface area (Å²) in [6.45, 7) is 11.9. The molecule has 38 heavy (non-hydrogen) atoms. The molecule has 2 aromatic carbocycles. The molecule has 0 aliphatic heterocycles. The third-order valence-corrected chi connectivity index (χ3v) is 5.52. The first-order valence-electron chi connectivity index (χ1n) is 11.9. The molecular formula is C28H33ClN6O3. The second kappa shape index (κ2) is 12.3. The standard InChI is InChI=1S/C28H33ClN6O3/c1-18-15-21(11-12-22(18)37-6)35-25(16-24(34-35)28(3,4)5)33-27(36)31-17-20-9-7-8-10-23(20)38-26(13-14-30)32-19(2)29/h7-16H,2,17,30H2,1,3-6H3,(H2,31,33,36)/b14-13-,32-26+. The lowest BCUT2D eigenvalue weighted by Crippen LogP contribution is -2.29. The highest BCUT2D eigenvalue weighted by Gasteiger charge is 2.22. The van der Waals surface area contributed by atoms with Gasteiger partial charge in [0.2, 0.25) is 5.90 Å². The number of methoxy groups -OCH3 is 1. The minimum Gasteiger partial charge on any atom is -0.496 e. The van der Waals surface area contributed by atoms with Gasteiger partial charge in [0.25, 0.3) is 0 Å². The Bertz CT molecular complexity index is 1370. The summed E-state index contributed by atoms with van der Waals surface area (Å²) >= 11 is 5.79. The summed E-state index contributed by atoms with van der Waals surface area (Å²) in [5, 5.41) is 10.6. The van der Waals surface area contributed by atoms with Crippen molar-refractivity contribution < 1.29 is 14.3 Å². The first-order valence-corrected chi connectivity index (χ1v) is 12.3. The average Bonchev–Trinajstić information content (AvgIpc) is 3.27. The van der Waals surface area contributed by atoms with Crippen molar-refractivity contribution in [2.45, 2.75) is 39.7 Å². The molecular weight excluding hydrogens is 504 g/mol. The number of carbonyl (C=O) groups is 1. The van der Waals surface area contributed by atoms with Gasteiger partial charge in [0.1, 0.15) is 22.5 Å². The maximum absolute atomic E-state index is 13.0. The van der Waals surface area contributed by atoms with E-state index in [0.717, 1.165) is 28.3 Å². The molecule has 9 nitrogen and oxygen atoms in total. The number of halogens is 1. The number of ether oxygens (including phenoxy) is 2. The van der Waals surface area contributed by atoms with E-state index in [-0.39, 0.29) is 23.0 Å². The summed E-state index contributed by atoms with van der Waals surface area (Å²) in [5.74, 6) is 1.95. The zero-order chi connectivity index (χ0) is 27.9. The van der Waals surface area contributed by atoms with Gasteiger partial charge in [-0.3, -0.25) is 5.32 Å². The first-order chi connectivity index (χ1) is 18.0. The molecule has 0 radical (unpaired) electrons. The molecule has 3 aromatic rings. The molecule has 1 aromatic heterocycles. The summed E-state index contributed by atoms with van der Waals surface area (Å²) in [5.41, 5.74) is 8.57. The number of aryl methyl sites for hydroxylation is 1. The van der Waals surface area contributed by atoms with Crippen LogP contribution in [-0.2, 0) is 12.0 Å². The Balaban J connectivity index is 1.81. The second-order valence-electron chi connectivity index (χ2n) is 9.43. The molecule has 1 heterocycles. The van der Waals surface area contributed by atoms with E-state index in [4.69, 9.17) is 31.9 Å². The predicted molar refractivity (Wildman–Crippen MR) is 152 cm³/mol. The van der Waals surface area contributed by atoms with Crippen molar-refractivity contribution in [3.8, 4) is 17.2 Å². The van der Waals surface area contributed by atoms with Crippen LogP contribution < -0.4 is 25.8 Å². The zero-order valence-electron chi connectivity index (χ0n) is 22.2. The van der Waals surface area contributed by atoms with Crippen LogP contribution in [0.2, 0.25) is 0 Å². The highest BCUT2D eigenvalue weighted by Crippen LogP contribution is 2.28. The highest BCUT2D eigenvalue weighted by atomic mass is 35.5. The molecule has 0 fully saturated rings. The van der Waals surface area contributed by atoms with Crippen LogP contribution in [0, 0.1) is 6.92 Å². The number of amides is 2. The zero-order valence-corrected chi connectivity index (χ0v) is 23.0. The van der Waals surface area contributed by atoms with E-state index in [1.54, 1.807) is 17.9 Å². The van der Waals surface area contributed by atoms with Crippen LogP contribution in [0.5, 0.6) is 11.5 Å². The fraction of sp³-hybridized carbons (Fsp3) is 0.250. The van der Waals surface area contributed by atoms with Crippen LogP contribution in [-0.4, -0.2) is 28.8 Å². The smallest absolute Gasteiger partial charge is 0.320 e. The molecule has 4 N–H and O–H groups in total. The molecule has 0 aliphatic carbocycles. The number of hydrogen-bond donors (Lipinski definition) is 3. The van der Waals surface area contributed by atoms with E-state index in [1.807, 2.05) is 49.4 Å². The topological polar surface area (TPSA) is 116 Å². The van der Waals surface area contributed by atoms with Crippen LogP contribution in [0.1, 0.15) is 37.6 Å². The number of rotatable bonds is 8. The Morgan fingerprint density at radius 3 is 2.58 bits per heavy atom. The number of anilines is 1. The predicted octanol–water partition coefficient (Wildman–Crippen LogP) is 5.77. The number of nitrogens with two attached hydrogens (primary N) is 1. The fourth-order valence-corrected chi connectivity index (χ4v) is 3.61. The van der Waals surface area contributed by atoms with Gasteiger partial charge in [-0.25, -0.2) is 14.5 Å². The van der Waals surface area contributed by atoms with Gasteiger partial charge in [0.15, 0.2) is 0 Å². The van der Waals surface area contributed by atoms with Crippen molar-refractivity contribution in [3.63, 3.8) is 0 Å². The molecule has 0 atom stereocenters. The number of aromatic nitrogens is 2. The third kappa shape index (κ3) is 7.39. The molecule has 0 saturated carbocycles. The van der Waals surface area contributed by atoms with Gasteiger partial charge in [-0.15, -0.1) is 0 Å². The first kappa shape index (κ1) is 28.3. The Kier molecular flexibility index (Phi) is 9.20. The lowest BCUT2D eigenvalue weighted by molar-refractivity contribution is 0.251. The van der Waals surface area contributed by atoms with Crippen molar-refractivity contribution in [1.29, 1.82) is 0 Å². The molecule has 0 unspecified atom stereocenters. The van der Waals surface area contributed by atoms with Crippen LogP contribution in [0.4, 0.5) is 10.6 Å². The summed E-state index contributed by atoms with van der Waals surface area (Å²) < 4.78 is 12.9. The van der Waals surface area contributed by atoms with E-state index in [9.17, 15) is 4.79 Å². The van der Waals surface area contributed by atoms with Crippen LogP contribution in [0.3, 0.4) is 0 Å². The van der Waals surface area contributed by atoms with E-state index in [2.05, 4.69) is 43.0 Å². The number of carbonyl (C=O) groups excluding carboxylic acids is 1. The molecule has 200 valence electrons. The van der Waals surface area contributed by atoms with Crippen molar-refractivity contribution in [1.82, 2.24) is 15.1 Å². The van der Waals surface area contributed by atoms with Gasteiger partial charge in [0.05, 0.1) is 18.5 Å². The fourth-order valence-electron chi connectivity index (χ4n) is 3.52. The quantitative estimate of drug-likeness (QED) is 0.192. The Labute approximate surface area is 228 Å². The number of nitrogens with zero attached hydrogens (tertiary/aromatic N) is 3. The van der Waals surface area contributed by atoms with E-state index >= 15 is 0 Å². The second-order valence-corrected chi connectivity index (χ2v) is 9.87. The number of urea groups is 1. The third-order valence-electron chi connectivity index (χ3n) is 5.44. The van der Waals surface area contributed by atoms with Gasteiger partial charge in [-0.1, -0.05) is 57.2 Å². The summed E-state index contributed by atoms with van der Waals surface area (Å²) in [6, 6.07) is 14.4. The number of aliphatic imine (C=N–C) groups is 1. The summed E-state index contributed by atoms with van der Waals surface area (Å²) in [6.07, 6.45) is 2.74. The van der Waals surface area contributed by atoms with Gasteiger partial charge in [0, 0.05) is 29.7 Å². The van der Waals surface area contributed by atoms with Gasteiger partial charge in [-0.2, -0.15) is 5.10 Å². The van der Waals surface area contributed by atoms with Crippen LogP contribution >= 0.6 is 11.6 Å². The SMILES string of the molecule is C=C(Cl)/N=C(\C=C/N)Oc1ccccc1CNC(=O)Nc1cc(C(C)(C)C)nn1-c1ccc(OC)c(C)c1. The molecule has 10 heteroatoms. The number of benzene rings is 2. The maximum Gasteiger partial charge on any atom is 0.320 e. The van der Waals surface area contributed by atoms with Crippen molar-refractivity contribution in [3.05, 3.63) is 89.4 Å². The van der Waals surface area contributed by atoms with E-state index in [1.165, 1.54) is 12.3 Å². The van der Waals surface area contributed by atoms with Crippen molar-refractivity contribution in [2.75, 3.05) is 12.4 Å². The number of hydrogen-bond acceptors (Lipinski definition) is 6. The van der Waals surface area contributed by atoms with Crippen molar-refractivity contribution >= 4 is 29.3 Å². The van der Waals surface area contributed by atoms with Crippen molar-refractivity contribution in [2.24, 2.45) is 10.7 Å². The maximum atomic E-state index is 13.0.